The number of rotatable bonds is 14. The molecule has 3 atom stereocenters. The van der Waals surface area contributed by atoms with E-state index in [1.165, 1.54) is 5.56 Å². The van der Waals surface area contributed by atoms with Crippen molar-refractivity contribution in [2.75, 3.05) is 65.1 Å². The number of anilines is 1. The highest BCUT2D eigenvalue weighted by molar-refractivity contribution is 5.61. The first kappa shape index (κ1) is 28.4. The fourth-order valence-electron chi connectivity index (χ4n) is 5.49. The van der Waals surface area contributed by atoms with Crippen LogP contribution in [0.1, 0.15) is 29.9 Å². The van der Waals surface area contributed by atoms with Crippen molar-refractivity contribution in [3.8, 4) is 11.5 Å². The minimum absolute atomic E-state index is 0.0175. The number of fused-ring (bicyclic) bond motifs is 1. The van der Waals surface area contributed by atoms with Crippen LogP contribution in [0.4, 0.5) is 5.69 Å². The highest BCUT2D eigenvalue weighted by Gasteiger charge is 2.36. The molecule has 1 N–H and O–H groups in total. The highest BCUT2D eigenvalue weighted by Crippen LogP contribution is 2.35. The summed E-state index contributed by atoms with van der Waals surface area (Å²) in [5.74, 6) is 1.86. The molecular formula is C30H41N5O5. The number of nitrogens with zero attached hydrogens (tertiary/aromatic N) is 4. The first-order valence-electron chi connectivity index (χ1n) is 14.1. The number of piperidine rings is 1. The van der Waals surface area contributed by atoms with Crippen LogP contribution >= 0.6 is 0 Å². The van der Waals surface area contributed by atoms with Gasteiger partial charge in [-0.2, -0.15) is 5.10 Å². The van der Waals surface area contributed by atoms with Gasteiger partial charge >= 0.3 is 0 Å². The molecule has 3 aromatic rings. The Bertz CT molecular complexity index is 1160. The van der Waals surface area contributed by atoms with Crippen molar-refractivity contribution >= 4 is 5.69 Å². The van der Waals surface area contributed by atoms with Gasteiger partial charge < -0.3 is 33.9 Å². The molecule has 5 rings (SSSR count). The molecule has 2 aromatic carbocycles. The number of aromatic nitrogens is 3. The smallest absolute Gasteiger partial charge is 0.142 e. The van der Waals surface area contributed by atoms with Crippen molar-refractivity contribution in [3.63, 3.8) is 0 Å². The van der Waals surface area contributed by atoms with Crippen molar-refractivity contribution < 1.29 is 23.7 Å². The topological polar surface area (TPSA) is 92.1 Å². The number of ether oxygens (including phenoxy) is 5. The molecule has 1 saturated heterocycles. The second-order valence-electron chi connectivity index (χ2n) is 10.2. The minimum atomic E-state index is -0.0486. The summed E-state index contributed by atoms with van der Waals surface area (Å²) in [5.41, 5.74) is 3.45. The maximum atomic E-state index is 6.64. The van der Waals surface area contributed by atoms with E-state index in [2.05, 4.69) is 50.6 Å². The second-order valence-corrected chi connectivity index (χ2v) is 10.2. The number of methoxy groups -OCH3 is 2. The summed E-state index contributed by atoms with van der Waals surface area (Å²) in [5, 5.41) is 7.73. The van der Waals surface area contributed by atoms with Crippen LogP contribution in [-0.2, 0) is 27.4 Å². The molecule has 0 saturated carbocycles. The van der Waals surface area contributed by atoms with E-state index in [0.29, 0.717) is 19.8 Å². The molecule has 0 unspecified atom stereocenters. The van der Waals surface area contributed by atoms with E-state index < -0.39 is 0 Å². The molecule has 3 heterocycles. The zero-order valence-electron chi connectivity index (χ0n) is 23.5. The van der Waals surface area contributed by atoms with Gasteiger partial charge in [0, 0.05) is 52.4 Å². The van der Waals surface area contributed by atoms with Gasteiger partial charge in [0.05, 0.1) is 38.2 Å². The molecule has 1 fully saturated rings. The molecule has 0 aliphatic carbocycles. The van der Waals surface area contributed by atoms with E-state index in [0.717, 1.165) is 74.9 Å². The molecule has 0 bridgehead atoms. The summed E-state index contributed by atoms with van der Waals surface area (Å²) in [6.07, 6.45) is 5.07. The van der Waals surface area contributed by atoms with Crippen molar-refractivity contribution in [2.45, 2.75) is 44.1 Å². The Morgan fingerprint density at radius 1 is 0.975 bits per heavy atom. The Morgan fingerprint density at radius 2 is 1.80 bits per heavy atom. The molecule has 216 valence electrons. The van der Waals surface area contributed by atoms with Gasteiger partial charge in [-0.25, -0.2) is 4.98 Å². The van der Waals surface area contributed by atoms with E-state index >= 15 is 0 Å². The zero-order chi connectivity index (χ0) is 27.6. The zero-order valence-corrected chi connectivity index (χ0v) is 23.5. The van der Waals surface area contributed by atoms with Crippen LogP contribution < -0.4 is 19.7 Å². The number of benzene rings is 2. The lowest BCUT2D eigenvalue weighted by Gasteiger charge is -2.39. The van der Waals surface area contributed by atoms with Crippen LogP contribution in [0.15, 0.2) is 55.1 Å². The lowest BCUT2D eigenvalue weighted by molar-refractivity contribution is -0.0607. The summed E-state index contributed by atoms with van der Waals surface area (Å²) < 4.78 is 31.5. The second kappa shape index (κ2) is 14.5. The van der Waals surface area contributed by atoms with Crippen LogP contribution in [-0.4, -0.2) is 87.2 Å². The monoisotopic (exact) mass is 551 g/mol. The fraction of sp³-hybridized carbons (Fsp3) is 0.533. The molecule has 2 aliphatic heterocycles. The molecule has 0 radical (unpaired) electrons. The summed E-state index contributed by atoms with van der Waals surface area (Å²) >= 11 is 0. The summed E-state index contributed by atoms with van der Waals surface area (Å²) in [6.45, 7) is 6.72. The van der Waals surface area contributed by atoms with Gasteiger partial charge in [0.15, 0.2) is 0 Å². The standard InChI is InChI=1S/C30H41N5O5/c1-36-14-3-11-34-13-16-39-27-10-5-23(17-26(27)34)20-40-29-19-31-18-28(38-15-4-12-35-22-32-21-33-35)30(29)24-6-8-25(37-2)9-7-24/h5-10,17,21-22,28-31H,3-4,11-16,18-20H2,1-2H3/t28-,29+,30+/m1/s1. The van der Waals surface area contributed by atoms with Gasteiger partial charge in [0.25, 0.3) is 0 Å². The van der Waals surface area contributed by atoms with Gasteiger partial charge in [-0.05, 0) is 48.2 Å². The molecule has 40 heavy (non-hydrogen) atoms. The van der Waals surface area contributed by atoms with Crippen LogP contribution in [0.5, 0.6) is 11.5 Å². The average molecular weight is 552 g/mol. The van der Waals surface area contributed by atoms with Gasteiger partial charge in [-0.3, -0.25) is 4.68 Å². The van der Waals surface area contributed by atoms with E-state index in [4.69, 9.17) is 23.7 Å². The SMILES string of the molecule is COCCCN1CCOc2ccc(CO[C@H]3CNC[C@@H](OCCCn4cncn4)[C@@H]3c3ccc(OC)cc3)cc21. The van der Waals surface area contributed by atoms with E-state index in [-0.39, 0.29) is 18.1 Å². The van der Waals surface area contributed by atoms with Crippen molar-refractivity contribution in [2.24, 2.45) is 0 Å². The number of hydrogen-bond donors (Lipinski definition) is 1. The van der Waals surface area contributed by atoms with Gasteiger partial charge in [-0.1, -0.05) is 18.2 Å². The summed E-state index contributed by atoms with van der Waals surface area (Å²) in [4.78, 5) is 6.40. The highest BCUT2D eigenvalue weighted by atomic mass is 16.5. The average Bonchev–Trinajstić information content (AvgIpc) is 3.52. The maximum Gasteiger partial charge on any atom is 0.142 e. The van der Waals surface area contributed by atoms with Gasteiger partial charge in [0.2, 0.25) is 0 Å². The third kappa shape index (κ3) is 7.31. The van der Waals surface area contributed by atoms with Gasteiger partial charge in [-0.15, -0.1) is 0 Å². The van der Waals surface area contributed by atoms with E-state index in [1.54, 1.807) is 26.9 Å². The predicted octanol–water partition coefficient (Wildman–Crippen LogP) is 3.27. The Labute approximate surface area is 236 Å². The lowest BCUT2D eigenvalue weighted by Crippen LogP contribution is -2.50. The Morgan fingerprint density at radius 3 is 2.58 bits per heavy atom. The number of nitrogens with one attached hydrogen (secondary N) is 1. The van der Waals surface area contributed by atoms with Crippen molar-refractivity contribution in [3.05, 3.63) is 66.2 Å². The normalized spacial score (nSPS) is 20.6. The Hall–Kier alpha value is -3.18. The van der Waals surface area contributed by atoms with Gasteiger partial charge in [0.1, 0.15) is 30.8 Å². The third-order valence-electron chi connectivity index (χ3n) is 7.55. The first-order chi connectivity index (χ1) is 19.7. The minimum Gasteiger partial charge on any atom is -0.497 e. The summed E-state index contributed by atoms with van der Waals surface area (Å²) in [7, 11) is 3.44. The van der Waals surface area contributed by atoms with Crippen molar-refractivity contribution in [1.29, 1.82) is 0 Å². The van der Waals surface area contributed by atoms with E-state index in [9.17, 15) is 0 Å². The predicted molar refractivity (Wildman–Crippen MR) is 152 cm³/mol. The Balaban J connectivity index is 1.26. The Kier molecular flexibility index (Phi) is 10.2. The van der Waals surface area contributed by atoms with E-state index in [1.807, 2.05) is 16.8 Å². The quantitative estimate of drug-likeness (QED) is 0.303. The molecular weight excluding hydrogens is 510 g/mol. The van der Waals surface area contributed by atoms with Crippen LogP contribution in [0, 0.1) is 0 Å². The van der Waals surface area contributed by atoms with Crippen molar-refractivity contribution in [1.82, 2.24) is 20.1 Å². The molecule has 2 aliphatic rings. The maximum absolute atomic E-state index is 6.64. The molecule has 1 aromatic heterocycles. The molecule has 0 amide bonds. The number of aryl methyl sites for hydroxylation is 1. The summed E-state index contributed by atoms with van der Waals surface area (Å²) in [6, 6.07) is 14.7. The van der Waals surface area contributed by atoms with Crippen LogP contribution in [0.3, 0.4) is 0 Å². The van der Waals surface area contributed by atoms with Crippen LogP contribution in [0.25, 0.3) is 0 Å². The third-order valence-corrected chi connectivity index (χ3v) is 7.55. The largest absolute Gasteiger partial charge is 0.497 e. The first-order valence-corrected chi connectivity index (χ1v) is 14.1. The molecule has 10 heteroatoms. The fourth-order valence-corrected chi connectivity index (χ4v) is 5.49. The lowest BCUT2D eigenvalue weighted by atomic mass is 9.85. The molecule has 0 spiro atoms. The molecule has 10 nitrogen and oxygen atoms in total. The number of hydrogen-bond acceptors (Lipinski definition) is 9. The van der Waals surface area contributed by atoms with Crippen LogP contribution in [0.2, 0.25) is 0 Å².